The number of rotatable bonds is 4. The maximum atomic E-state index is 11.1. The van der Waals surface area contributed by atoms with Crippen molar-refractivity contribution >= 4 is 27.7 Å². The van der Waals surface area contributed by atoms with Gasteiger partial charge < -0.3 is 0 Å². The molecule has 15 heavy (non-hydrogen) atoms. The Morgan fingerprint density at radius 3 is 2.80 bits per heavy atom. The molecule has 1 fully saturated rings. The van der Waals surface area contributed by atoms with E-state index in [0.29, 0.717) is 5.41 Å². The van der Waals surface area contributed by atoms with Gasteiger partial charge in [0.25, 0.3) is 0 Å². The lowest BCUT2D eigenvalue weighted by atomic mass is 9.72. The molecule has 1 heterocycles. The van der Waals surface area contributed by atoms with E-state index in [0.717, 1.165) is 16.2 Å². The third-order valence-electron chi connectivity index (χ3n) is 3.04. The highest BCUT2D eigenvalue weighted by molar-refractivity contribution is 9.09. The van der Waals surface area contributed by atoms with E-state index in [1.54, 1.807) is 23.4 Å². The van der Waals surface area contributed by atoms with Crippen LogP contribution in [0.15, 0.2) is 9.95 Å². The summed E-state index contributed by atoms with van der Waals surface area (Å²) in [5, 5.41) is 8.27. The van der Waals surface area contributed by atoms with Gasteiger partial charge >= 0.3 is 5.69 Å². The molecule has 0 radical (unpaired) electrons. The molecule has 1 N–H and O–H groups in total. The Kier molecular flexibility index (Phi) is 3.25. The van der Waals surface area contributed by atoms with Gasteiger partial charge in [0, 0.05) is 18.1 Å². The summed E-state index contributed by atoms with van der Waals surface area (Å²) in [4.78, 5) is 11.1. The molecule has 1 aliphatic carbocycles. The van der Waals surface area contributed by atoms with Crippen LogP contribution in [0.2, 0.25) is 0 Å². The van der Waals surface area contributed by atoms with Crippen LogP contribution >= 0.6 is 27.7 Å². The number of thioether (sulfide) groups is 1. The van der Waals surface area contributed by atoms with Gasteiger partial charge in [-0.1, -0.05) is 34.1 Å². The van der Waals surface area contributed by atoms with Crippen molar-refractivity contribution in [3.63, 3.8) is 0 Å². The summed E-state index contributed by atoms with van der Waals surface area (Å²) in [6, 6.07) is 0. The SMILES string of the molecule is Cn1c(SCC2(CBr)CCC2)n[nH]c1=O. The first-order chi connectivity index (χ1) is 7.17. The molecule has 0 aromatic carbocycles. The summed E-state index contributed by atoms with van der Waals surface area (Å²) in [7, 11) is 1.75. The van der Waals surface area contributed by atoms with E-state index in [4.69, 9.17) is 0 Å². The van der Waals surface area contributed by atoms with Crippen molar-refractivity contribution in [1.29, 1.82) is 0 Å². The molecular weight excluding hydrogens is 278 g/mol. The molecular formula is C9H14BrN3OS. The average Bonchev–Trinajstić information content (AvgIpc) is 2.48. The molecule has 0 bridgehead atoms. The number of aromatic nitrogens is 3. The average molecular weight is 292 g/mol. The minimum Gasteiger partial charge on any atom is -0.273 e. The molecule has 0 aliphatic heterocycles. The first-order valence-corrected chi connectivity index (χ1v) is 7.08. The number of aromatic amines is 1. The van der Waals surface area contributed by atoms with E-state index in [9.17, 15) is 4.79 Å². The van der Waals surface area contributed by atoms with Crippen LogP contribution in [-0.4, -0.2) is 25.8 Å². The van der Waals surface area contributed by atoms with E-state index in [-0.39, 0.29) is 5.69 Å². The van der Waals surface area contributed by atoms with Crippen LogP contribution in [-0.2, 0) is 7.05 Å². The molecule has 1 saturated carbocycles. The number of H-pyrrole nitrogens is 1. The van der Waals surface area contributed by atoms with Gasteiger partial charge in [0.05, 0.1) is 0 Å². The molecule has 0 saturated heterocycles. The molecule has 1 aromatic heterocycles. The fourth-order valence-corrected chi connectivity index (χ4v) is 3.91. The van der Waals surface area contributed by atoms with Crippen LogP contribution in [0, 0.1) is 5.41 Å². The highest BCUT2D eigenvalue weighted by Crippen LogP contribution is 2.45. The van der Waals surface area contributed by atoms with Crippen molar-refractivity contribution in [1.82, 2.24) is 14.8 Å². The van der Waals surface area contributed by atoms with Crippen LogP contribution in [0.4, 0.5) is 0 Å². The second kappa shape index (κ2) is 4.33. The Morgan fingerprint density at radius 2 is 2.40 bits per heavy atom. The molecule has 1 aliphatic rings. The van der Waals surface area contributed by atoms with E-state index < -0.39 is 0 Å². The molecule has 4 nitrogen and oxygen atoms in total. The van der Waals surface area contributed by atoms with E-state index >= 15 is 0 Å². The topological polar surface area (TPSA) is 50.7 Å². The number of alkyl halides is 1. The number of nitrogens with zero attached hydrogens (tertiary/aromatic N) is 2. The van der Waals surface area contributed by atoms with Crippen LogP contribution < -0.4 is 5.69 Å². The third-order valence-corrected chi connectivity index (χ3v) is 5.61. The standard InChI is InChI=1S/C9H14BrN3OS/c1-13-7(14)11-12-8(13)15-6-9(5-10)3-2-4-9/h2-6H2,1H3,(H,11,14). The molecule has 0 amide bonds. The second-order valence-electron chi connectivity index (χ2n) is 4.15. The number of nitrogens with one attached hydrogen (secondary N) is 1. The maximum absolute atomic E-state index is 11.1. The van der Waals surface area contributed by atoms with Crippen LogP contribution in [0.1, 0.15) is 19.3 Å². The van der Waals surface area contributed by atoms with Crippen molar-refractivity contribution < 1.29 is 0 Å². The van der Waals surface area contributed by atoms with Crippen molar-refractivity contribution in [3.05, 3.63) is 10.5 Å². The maximum Gasteiger partial charge on any atom is 0.343 e. The van der Waals surface area contributed by atoms with Gasteiger partial charge in [-0.3, -0.25) is 4.57 Å². The fourth-order valence-electron chi connectivity index (χ4n) is 1.67. The Balaban J connectivity index is 1.98. The van der Waals surface area contributed by atoms with Gasteiger partial charge in [-0.15, -0.1) is 5.10 Å². The van der Waals surface area contributed by atoms with Crippen LogP contribution in [0.5, 0.6) is 0 Å². The molecule has 0 atom stereocenters. The second-order valence-corrected chi connectivity index (χ2v) is 5.65. The first-order valence-electron chi connectivity index (χ1n) is 4.97. The van der Waals surface area contributed by atoms with Crippen LogP contribution in [0.25, 0.3) is 0 Å². The zero-order chi connectivity index (χ0) is 10.9. The van der Waals surface area contributed by atoms with Gasteiger partial charge in [0.2, 0.25) is 0 Å². The monoisotopic (exact) mass is 291 g/mol. The highest BCUT2D eigenvalue weighted by Gasteiger charge is 2.36. The number of hydrogen-bond acceptors (Lipinski definition) is 3. The fraction of sp³-hybridized carbons (Fsp3) is 0.778. The van der Waals surface area contributed by atoms with E-state index in [1.807, 2.05) is 0 Å². The third kappa shape index (κ3) is 2.15. The number of halogens is 1. The van der Waals surface area contributed by atoms with Crippen molar-refractivity contribution in [2.75, 3.05) is 11.1 Å². The van der Waals surface area contributed by atoms with E-state index in [2.05, 4.69) is 26.1 Å². The Bertz CT molecular complexity index is 391. The predicted octanol–water partition coefficient (Wildman–Crippen LogP) is 1.77. The number of hydrogen-bond donors (Lipinski definition) is 1. The Morgan fingerprint density at radius 1 is 1.67 bits per heavy atom. The van der Waals surface area contributed by atoms with Crippen molar-refractivity contribution in [2.24, 2.45) is 12.5 Å². The minimum atomic E-state index is -0.140. The van der Waals surface area contributed by atoms with E-state index in [1.165, 1.54) is 19.3 Å². The largest absolute Gasteiger partial charge is 0.343 e. The predicted molar refractivity (Wildman–Crippen MR) is 64.6 cm³/mol. The summed E-state index contributed by atoms with van der Waals surface area (Å²) in [6.07, 6.45) is 3.89. The normalized spacial score (nSPS) is 18.8. The molecule has 0 spiro atoms. The summed E-state index contributed by atoms with van der Waals surface area (Å²) in [5.74, 6) is 1.04. The zero-order valence-corrected chi connectivity index (χ0v) is 11.0. The van der Waals surface area contributed by atoms with Crippen LogP contribution in [0.3, 0.4) is 0 Å². The minimum absolute atomic E-state index is 0.140. The van der Waals surface area contributed by atoms with Gasteiger partial charge in [-0.05, 0) is 18.3 Å². The Hall–Kier alpha value is -0.230. The summed E-state index contributed by atoms with van der Waals surface area (Å²) in [5.41, 5.74) is 0.290. The lowest BCUT2D eigenvalue weighted by Gasteiger charge is -2.40. The lowest BCUT2D eigenvalue weighted by Crippen LogP contribution is -2.33. The molecule has 84 valence electrons. The molecule has 2 rings (SSSR count). The van der Waals surface area contributed by atoms with Crippen molar-refractivity contribution in [3.8, 4) is 0 Å². The summed E-state index contributed by atoms with van der Waals surface area (Å²) < 4.78 is 1.56. The van der Waals surface area contributed by atoms with Gasteiger partial charge in [-0.2, -0.15) is 0 Å². The molecule has 1 aromatic rings. The smallest absolute Gasteiger partial charge is 0.273 e. The molecule has 6 heteroatoms. The summed E-state index contributed by atoms with van der Waals surface area (Å²) in [6.45, 7) is 0. The van der Waals surface area contributed by atoms with Gasteiger partial charge in [-0.25, -0.2) is 9.89 Å². The molecule has 0 unspecified atom stereocenters. The zero-order valence-electron chi connectivity index (χ0n) is 8.62. The highest BCUT2D eigenvalue weighted by atomic mass is 79.9. The Labute approximate surface area is 101 Å². The van der Waals surface area contributed by atoms with Gasteiger partial charge in [0.15, 0.2) is 5.16 Å². The quantitative estimate of drug-likeness (QED) is 0.679. The van der Waals surface area contributed by atoms with Crippen molar-refractivity contribution in [2.45, 2.75) is 24.4 Å². The first kappa shape index (κ1) is 11.3. The summed E-state index contributed by atoms with van der Waals surface area (Å²) >= 11 is 5.24. The lowest BCUT2D eigenvalue weighted by molar-refractivity contribution is 0.206. The van der Waals surface area contributed by atoms with Gasteiger partial charge in [0.1, 0.15) is 0 Å².